The zero-order chi connectivity index (χ0) is 14.3. The lowest BCUT2D eigenvalue weighted by atomic mass is 9.89. The number of hydrogen-bond acceptors (Lipinski definition) is 2. The van der Waals surface area contributed by atoms with Crippen molar-refractivity contribution in [3.63, 3.8) is 0 Å². The van der Waals surface area contributed by atoms with E-state index in [0.717, 1.165) is 22.9 Å². The van der Waals surface area contributed by atoms with Crippen molar-refractivity contribution in [3.05, 3.63) is 34.1 Å². The lowest BCUT2D eigenvalue weighted by Crippen LogP contribution is -2.30. The number of hydrazine groups is 1. The van der Waals surface area contributed by atoms with E-state index in [1.807, 2.05) is 0 Å². The maximum atomic E-state index is 13.4. The lowest BCUT2D eigenvalue weighted by molar-refractivity contribution is 0.355. The van der Waals surface area contributed by atoms with Crippen molar-refractivity contribution in [2.24, 2.45) is 11.8 Å². The Kier molecular flexibility index (Phi) is 7.57. The van der Waals surface area contributed by atoms with Gasteiger partial charge in [-0.25, -0.2) is 4.39 Å². The minimum atomic E-state index is -0.222. The van der Waals surface area contributed by atoms with Crippen LogP contribution in [0.3, 0.4) is 0 Å². The summed E-state index contributed by atoms with van der Waals surface area (Å²) in [6, 6.07) is 4.74. The molecule has 0 spiro atoms. The number of nitrogens with two attached hydrogens (primary N) is 1. The molecule has 0 aromatic heterocycles. The van der Waals surface area contributed by atoms with Crippen LogP contribution in [0.25, 0.3) is 0 Å². The van der Waals surface area contributed by atoms with Gasteiger partial charge in [0.25, 0.3) is 0 Å². The summed E-state index contributed by atoms with van der Waals surface area (Å²) in [5, 5.41) is 0. The van der Waals surface area contributed by atoms with Crippen LogP contribution in [-0.4, -0.2) is 0 Å². The highest BCUT2D eigenvalue weighted by Gasteiger charge is 2.18. The molecule has 0 saturated heterocycles. The van der Waals surface area contributed by atoms with Crippen molar-refractivity contribution in [1.29, 1.82) is 0 Å². The summed E-state index contributed by atoms with van der Waals surface area (Å²) in [5.41, 5.74) is 3.73. The third-order valence-electron chi connectivity index (χ3n) is 3.65. The first-order chi connectivity index (χ1) is 9.12. The van der Waals surface area contributed by atoms with Gasteiger partial charge >= 0.3 is 0 Å². The van der Waals surface area contributed by atoms with Crippen LogP contribution in [0.1, 0.15) is 57.6 Å². The maximum Gasteiger partial charge on any atom is 0.123 e. The second-order valence-corrected chi connectivity index (χ2v) is 5.89. The SMILES string of the molecule is CCCCC(CC)CC(NN)c1cc(F)ccc1Br. The van der Waals surface area contributed by atoms with Crippen LogP contribution in [0, 0.1) is 11.7 Å². The Hall–Kier alpha value is -0.450. The highest BCUT2D eigenvalue weighted by Crippen LogP contribution is 2.31. The second kappa shape index (κ2) is 8.67. The standard InChI is InChI=1S/C15H24BrFN2/c1-3-5-6-11(4-2)9-15(19-18)13-10-12(17)7-8-14(13)16/h7-8,10-11,15,19H,3-6,9,18H2,1-2H3. The van der Waals surface area contributed by atoms with Crippen LogP contribution < -0.4 is 11.3 Å². The predicted octanol–water partition coefficient (Wildman–Crippen LogP) is 4.70. The molecule has 3 N–H and O–H groups in total. The predicted molar refractivity (Wildman–Crippen MR) is 82.1 cm³/mol. The van der Waals surface area contributed by atoms with Gasteiger partial charge in [0, 0.05) is 10.5 Å². The zero-order valence-electron chi connectivity index (χ0n) is 11.8. The maximum absolute atomic E-state index is 13.4. The molecule has 0 bridgehead atoms. The first-order valence-corrected chi connectivity index (χ1v) is 7.82. The molecule has 0 radical (unpaired) electrons. The lowest BCUT2D eigenvalue weighted by Gasteiger charge is -2.23. The van der Waals surface area contributed by atoms with Crippen LogP contribution in [0.4, 0.5) is 4.39 Å². The van der Waals surface area contributed by atoms with Crippen LogP contribution in [0.15, 0.2) is 22.7 Å². The van der Waals surface area contributed by atoms with E-state index in [2.05, 4.69) is 35.2 Å². The van der Waals surface area contributed by atoms with Gasteiger partial charge in [-0.05, 0) is 36.1 Å². The van der Waals surface area contributed by atoms with Crippen LogP contribution in [-0.2, 0) is 0 Å². The second-order valence-electron chi connectivity index (χ2n) is 5.04. The van der Waals surface area contributed by atoms with Crippen LogP contribution in [0.2, 0.25) is 0 Å². The van der Waals surface area contributed by atoms with Gasteiger partial charge in [-0.15, -0.1) is 0 Å². The number of benzene rings is 1. The molecule has 2 nitrogen and oxygen atoms in total. The van der Waals surface area contributed by atoms with Crippen molar-refractivity contribution < 1.29 is 4.39 Å². The topological polar surface area (TPSA) is 38.0 Å². The molecule has 1 rings (SSSR count). The molecule has 2 unspecified atom stereocenters. The fourth-order valence-electron chi connectivity index (χ4n) is 2.38. The summed E-state index contributed by atoms with van der Waals surface area (Å²) >= 11 is 3.47. The van der Waals surface area contributed by atoms with Crippen molar-refractivity contribution in [2.45, 2.75) is 52.0 Å². The molecular weight excluding hydrogens is 307 g/mol. The Labute approximate surface area is 124 Å². The van der Waals surface area contributed by atoms with Crippen LogP contribution >= 0.6 is 15.9 Å². The highest BCUT2D eigenvalue weighted by molar-refractivity contribution is 9.10. The van der Waals surface area contributed by atoms with E-state index < -0.39 is 0 Å². The van der Waals surface area contributed by atoms with E-state index >= 15 is 0 Å². The number of nitrogens with one attached hydrogen (secondary N) is 1. The first-order valence-electron chi connectivity index (χ1n) is 7.03. The summed E-state index contributed by atoms with van der Waals surface area (Å²) in [6.45, 7) is 4.41. The van der Waals surface area contributed by atoms with E-state index in [-0.39, 0.29) is 11.9 Å². The third kappa shape index (κ3) is 5.21. The summed E-state index contributed by atoms with van der Waals surface area (Å²) in [7, 11) is 0. The number of rotatable bonds is 8. The quantitative estimate of drug-likeness (QED) is 0.535. The van der Waals surface area contributed by atoms with Gasteiger partial charge in [0.2, 0.25) is 0 Å². The molecule has 0 saturated carbocycles. The fourth-order valence-corrected chi connectivity index (χ4v) is 2.90. The van der Waals surface area contributed by atoms with Gasteiger partial charge in [-0.2, -0.15) is 0 Å². The molecule has 0 aliphatic carbocycles. The minimum Gasteiger partial charge on any atom is -0.271 e. The van der Waals surface area contributed by atoms with Gasteiger partial charge in [-0.3, -0.25) is 11.3 Å². The van der Waals surface area contributed by atoms with Crippen molar-refractivity contribution in [1.82, 2.24) is 5.43 Å². The van der Waals surface area contributed by atoms with Crippen LogP contribution in [0.5, 0.6) is 0 Å². The fraction of sp³-hybridized carbons (Fsp3) is 0.600. The smallest absolute Gasteiger partial charge is 0.123 e. The first kappa shape index (κ1) is 16.6. The van der Waals surface area contributed by atoms with E-state index in [0.29, 0.717) is 5.92 Å². The molecule has 1 aromatic carbocycles. The molecule has 0 aliphatic heterocycles. The Morgan fingerprint density at radius 2 is 2.11 bits per heavy atom. The Morgan fingerprint density at radius 3 is 2.68 bits per heavy atom. The molecule has 108 valence electrons. The largest absolute Gasteiger partial charge is 0.271 e. The van der Waals surface area contributed by atoms with Crippen molar-refractivity contribution in [3.8, 4) is 0 Å². The van der Waals surface area contributed by atoms with E-state index in [9.17, 15) is 4.39 Å². The summed E-state index contributed by atoms with van der Waals surface area (Å²) in [6.07, 6.45) is 5.72. The molecule has 0 heterocycles. The number of unbranched alkanes of at least 4 members (excludes halogenated alkanes) is 1. The van der Waals surface area contributed by atoms with Crippen molar-refractivity contribution in [2.75, 3.05) is 0 Å². The molecule has 2 atom stereocenters. The van der Waals surface area contributed by atoms with Crippen molar-refractivity contribution >= 4 is 15.9 Å². The zero-order valence-corrected chi connectivity index (χ0v) is 13.3. The Morgan fingerprint density at radius 1 is 1.37 bits per heavy atom. The number of hydrogen-bond donors (Lipinski definition) is 2. The van der Waals surface area contributed by atoms with E-state index in [1.54, 1.807) is 12.1 Å². The monoisotopic (exact) mass is 330 g/mol. The molecule has 1 aromatic rings. The molecule has 0 fully saturated rings. The van der Waals surface area contributed by atoms with Gasteiger partial charge in [-0.1, -0.05) is 55.5 Å². The number of halogens is 2. The van der Waals surface area contributed by atoms with Gasteiger partial charge in [0.05, 0.1) is 0 Å². The molecular formula is C15H24BrFN2. The van der Waals surface area contributed by atoms with Gasteiger partial charge in [0.15, 0.2) is 0 Å². The summed E-state index contributed by atoms with van der Waals surface area (Å²) in [5.74, 6) is 6.06. The van der Waals surface area contributed by atoms with Gasteiger partial charge < -0.3 is 0 Å². The Bertz CT molecular complexity index is 384. The molecule has 4 heteroatoms. The van der Waals surface area contributed by atoms with E-state index in [1.165, 1.54) is 25.3 Å². The van der Waals surface area contributed by atoms with E-state index in [4.69, 9.17) is 5.84 Å². The molecule has 0 amide bonds. The average Bonchev–Trinajstić information content (AvgIpc) is 2.42. The highest BCUT2D eigenvalue weighted by atomic mass is 79.9. The summed E-state index contributed by atoms with van der Waals surface area (Å²) < 4.78 is 14.3. The average molecular weight is 331 g/mol. The normalized spacial score (nSPS) is 14.4. The Balaban J connectivity index is 2.78. The minimum absolute atomic E-state index is 0.00752. The summed E-state index contributed by atoms with van der Waals surface area (Å²) in [4.78, 5) is 0. The third-order valence-corrected chi connectivity index (χ3v) is 4.37. The molecule has 0 aliphatic rings. The van der Waals surface area contributed by atoms with Gasteiger partial charge in [0.1, 0.15) is 5.82 Å². The molecule has 19 heavy (non-hydrogen) atoms.